The first-order valence-electron chi connectivity index (χ1n) is 8.51. The molecule has 138 valence electrons. The highest BCUT2D eigenvalue weighted by Crippen LogP contribution is 2.21. The van der Waals surface area contributed by atoms with E-state index in [-0.39, 0.29) is 18.3 Å². The van der Waals surface area contributed by atoms with Crippen LogP contribution in [0.15, 0.2) is 52.9 Å². The van der Waals surface area contributed by atoms with E-state index in [1.807, 2.05) is 6.92 Å². The number of Topliss-reactive ketones (excluding diaryl/α,β-unsaturated/α-hetero) is 1. The topological polar surface area (TPSA) is 94.3 Å². The zero-order chi connectivity index (χ0) is 19.2. The highest BCUT2D eigenvalue weighted by molar-refractivity contribution is 5.95. The van der Waals surface area contributed by atoms with Gasteiger partial charge in [0.25, 0.3) is 5.91 Å². The predicted molar refractivity (Wildman–Crippen MR) is 99.7 cm³/mol. The number of hydrogen-bond donors (Lipinski definition) is 1. The number of ether oxygens (including phenoxy) is 1. The summed E-state index contributed by atoms with van der Waals surface area (Å²) in [5, 5.41) is 10.6. The van der Waals surface area contributed by atoms with Gasteiger partial charge in [-0.15, -0.1) is 10.2 Å². The normalized spacial score (nSPS) is 10.4. The third-order valence-electron chi connectivity index (χ3n) is 3.82. The molecular formula is C20H19N3O4. The van der Waals surface area contributed by atoms with Crippen LogP contribution in [0.2, 0.25) is 0 Å². The van der Waals surface area contributed by atoms with Gasteiger partial charge in [-0.3, -0.25) is 9.59 Å². The van der Waals surface area contributed by atoms with Gasteiger partial charge in [0.05, 0.1) is 0 Å². The lowest BCUT2D eigenvalue weighted by Gasteiger charge is -2.08. The van der Waals surface area contributed by atoms with Crippen molar-refractivity contribution in [3.05, 3.63) is 60.0 Å². The van der Waals surface area contributed by atoms with E-state index < -0.39 is 0 Å². The molecule has 27 heavy (non-hydrogen) atoms. The van der Waals surface area contributed by atoms with Crippen LogP contribution in [0.1, 0.15) is 30.1 Å². The number of amides is 1. The lowest BCUT2D eigenvalue weighted by Crippen LogP contribution is -2.20. The zero-order valence-electron chi connectivity index (χ0n) is 15.1. The van der Waals surface area contributed by atoms with E-state index in [4.69, 9.17) is 9.15 Å². The molecule has 1 heterocycles. The largest absolute Gasteiger partial charge is 0.484 e. The van der Waals surface area contributed by atoms with Crippen LogP contribution in [0.4, 0.5) is 5.69 Å². The average Bonchev–Trinajstić information content (AvgIpc) is 3.16. The molecule has 7 nitrogen and oxygen atoms in total. The molecule has 0 saturated carbocycles. The molecule has 1 amide bonds. The van der Waals surface area contributed by atoms with Crippen LogP contribution in [0.25, 0.3) is 11.5 Å². The fraction of sp³-hybridized carbons (Fsp3) is 0.200. The van der Waals surface area contributed by atoms with Crippen LogP contribution < -0.4 is 10.1 Å². The summed E-state index contributed by atoms with van der Waals surface area (Å²) in [5.74, 6) is 1.27. The third-order valence-corrected chi connectivity index (χ3v) is 3.82. The van der Waals surface area contributed by atoms with E-state index >= 15 is 0 Å². The molecule has 1 aromatic heterocycles. The Labute approximate surface area is 156 Å². The van der Waals surface area contributed by atoms with E-state index in [1.165, 1.54) is 6.92 Å². The molecule has 0 aliphatic carbocycles. The van der Waals surface area contributed by atoms with Crippen molar-refractivity contribution in [3.63, 3.8) is 0 Å². The number of nitrogens with one attached hydrogen (secondary N) is 1. The Morgan fingerprint density at radius 2 is 1.74 bits per heavy atom. The minimum absolute atomic E-state index is 0.0221. The van der Waals surface area contributed by atoms with Gasteiger partial charge >= 0.3 is 0 Å². The van der Waals surface area contributed by atoms with Crippen molar-refractivity contribution in [2.24, 2.45) is 0 Å². The first kappa shape index (κ1) is 18.3. The lowest BCUT2D eigenvalue weighted by atomic mass is 10.1. The highest BCUT2D eigenvalue weighted by atomic mass is 16.5. The highest BCUT2D eigenvalue weighted by Gasteiger charge is 2.08. The van der Waals surface area contributed by atoms with Crippen molar-refractivity contribution in [2.45, 2.75) is 20.3 Å². The molecule has 0 aliphatic heterocycles. The van der Waals surface area contributed by atoms with Crippen molar-refractivity contribution >= 4 is 17.4 Å². The Balaban J connectivity index is 1.53. The number of carbonyl (C=O) groups is 2. The minimum Gasteiger partial charge on any atom is -0.484 e. The number of aromatic nitrogens is 2. The van der Waals surface area contributed by atoms with Crippen LogP contribution >= 0.6 is 0 Å². The van der Waals surface area contributed by atoms with Crippen LogP contribution in [-0.2, 0) is 11.2 Å². The Hall–Kier alpha value is -3.48. The lowest BCUT2D eigenvalue weighted by molar-refractivity contribution is -0.118. The number of aryl methyl sites for hydroxylation is 1. The molecule has 0 unspecified atom stereocenters. The van der Waals surface area contributed by atoms with Gasteiger partial charge in [-0.05, 0) is 55.5 Å². The SMILES string of the molecule is CCc1nnc(-c2ccc(OCC(=O)Nc3ccc(C(C)=O)cc3)cc2)o1. The molecule has 7 heteroatoms. The first-order valence-corrected chi connectivity index (χ1v) is 8.51. The van der Waals surface area contributed by atoms with E-state index in [9.17, 15) is 9.59 Å². The summed E-state index contributed by atoms with van der Waals surface area (Å²) in [6.45, 7) is 3.30. The molecule has 0 radical (unpaired) electrons. The summed E-state index contributed by atoms with van der Waals surface area (Å²) in [4.78, 5) is 23.2. The molecule has 1 N–H and O–H groups in total. The van der Waals surface area contributed by atoms with Crippen molar-refractivity contribution in [2.75, 3.05) is 11.9 Å². The van der Waals surface area contributed by atoms with Crippen molar-refractivity contribution < 1.29 is 18.7 Å². The second-order valence-electron chi connectivity index (χ2n) is 5.85. The second kappa shape index (κ2) is 8.27. The van der Waals surface area contributed by atoms with Crippen LogP contribution in [0, 0.1) is 0 Å². The molecule has 0 saturated heterocycles. The maximum absolute atomic E-state index is 12.0. The van der Waals surface area contributed by atoms with Gasteiger partial charge in [-0.1, -0.05) is 6.92 Å². The Morgan fingerprint density at radius 1 is 1.04 bits per heavy atom. The number of benzene rings is 2. The van der Waals surface area contributed by atoms with E-state index in [0.717, 1.165) is 5.56 Å². The maximum atomic E-state index is 12.0. The minimum atomic E-state index is -0.292. The summed E-state index contributed by atoms with van der Waals surface area (Å²) in [6, 6.07) is 13.7. The van der Waals surface area contributed by atoms with Gasteiger partial charge in [0, 0.05) is 23.2 Å². The van der Waals surface area contributed by atoms with E-state index in [1.54, 1.807) is 48.5 Å². The van der Waals surface area contributed by atoms with Gasteiger partial charge in [-0.2, -0.15) is 0 Å². The van der Waals surface area contributed by atoms with Gasteiger partial charge in [0.1, 0.15) is 5.75 Å². The van der Waals surface area contributed by atoms with E-state index in [0.29, 0.717) is 35.2 Å². The van der Waals surface area contributed by atoms with Crippen molar-refractivity contribution in [1.29, 1.82) is 0 Å². The first-order chi connectivity index (χ1) is 13.0. The molecule has 2 aromatic carbocycles. The van der Waals surface area contributed by atoms with Crippen LogP contribution in [-0.4, -0.2) is 28.5 Å². The molecule has 0 bridgehead atoms. The summed E-state index contributed by atoms with van der Waals surface area (Å²) in [7, 11) is 0. The van der Waals surface area contributed by atoms with Gasteiger partial charge in [0.15, 0.2) is 12.4 Å². The number of hydrogen-bond acceptors (Lipinski definition) is 6. The molecule has 0 spiro atoms. The fourth-order valence-corrected chi connectivity index (χ4v) is 2.34. The standard InChI is InChI=1S/C20H19N3O4/c1-3-19-22-23-20(27-19)15-6-10-17(11-7-15)26-12-18(25)21-16-8-4-14(5-9-16)13(2)24/h4-11H,3,12H2,1-2H3,(H,21,25). The molecule has 0 aliphatic rings. The summed E-state index contributed by atoms with van der Waals surface area (Å²) >= 11 is 0. The van der Waals surface area contributed by atoms with Gasteiger partial charge < -0.3 is 14.5 Å². The number of anilines is 1. The van der Waals surface area contributed by atoms with Gasteiger partial charge in [-0.25, -0.2) is 0 Å². The molecule has 0 fully saturated rings. The summed E-state index contributed by atoms with van der Waals surface area (Å²) < 4.78 is 11.0. The number of carbonyl (C=O) groups excluding carboxylic acids is 2. The number of rotatable bonds is 7. The Kier molecular flexibility index (Phi) is 5.61. The van der Waals surface area contributed by atoms with Crippen molar-refractivity contribution in [1.82, 2.24) is 10.2 Å². The number of nitrogens with zero attached hydrogens (tertiary/aromatic N) is 2. The van der Waals surface area contributed by atoms with Crippen LogP contribution in [0.3, 0.4) is 0 Å². The summed E-state index contributed by atoms with van der Waals surface area (Å²) in [6.07, 6.45) is 0.681. The maximum Gasteiger partial charge on any atom is 0.262 e. The predicted octanol–water partition coefficient (Wildman–Crippen LogP) is 3.52. The van der Waals surface area contributed by atoms with Crippen LogP contribution in [0.5, 0.6) is 5.75 Å². The summed E-state index contributed by atoms with van der Waals surface area (Å²) in [5.41, 5.74) is 1.98. The van der Waals surface area contributed by atoms with Crippen molar-refractivity contribution in [3.8, 4) is 17.2 Å². The molecule has 0 atom stereocenters. The Bertz CT molecular complexity index is 931. The number of ketones is 1. The zero-order valence-corrected chi connectivity index (χ0v) is 15.1. The monoisotopic (exact) mass is 365 g/mol. The van der Waals surface area contributed by atoms with E-state index in [2.05, 4.69) is 15.5 Å². The quantitative estimate of drug-likeness (QED) is 0.644. The molecular weight excluding hydrogens is 346 g/mol. The average molecular weight is 365 g/mol. The smallest absolute Gasteiger partial charge is 0.262 e. The second-order valence-corrected chi connectivity index (χ2v) is 5.85. The fourth-order valence-electron chi connectivity index (χ4n) is 2.34. The molecule has 3 rings (SSSR count). The van der Waals surface area contributed by atoms with Gasteiger partial charge in [0.2, 0.25) is 11.8 Å². The Morgan fingerprint density at radius 3 is 2.33 bits per heavy atom. The molecule has 3 aromatic rings. The third kappa shape index (κ3) is 4.78.